The molecule has 1 saturated heterocycles. The number of hydrogen-bond donors (Lipinski definition) is 2. The first-order valence-electron chi connectivity index (χ1n) is 5.66. The fourth-order valence-electron chi connectivity index (χ4n) is 2.00. The Kier molecular flexibility index (Phi) is 3.86. The summed E-state index contributed by atoms with van der Waals surface area (Å²) in [5.41, 5.74) is 6.83. The van der Waals surface area contributed by atoms with Crippen molar-refractivity contribution < 1.29 is 13.6 Å². The van der Waals surface area contributed by atoms with E-state index in [4.69, 9.17) is 22.5 Å². The molecule has 8 heteroatoms. The van der Waals surface area contributed by atoms with Gasteiger partial charge in [0.05, 0.1) is 11.5 Å². The van der Waals surface area contributed by atoms with Gasteiger partial charge in [0.25, 0.3) is 0 Å². The van der Waals surface area contributed by atoms with Crippen LogP contribution in [0.25, 0.3) is 0 Å². The van der Waals surface area contributed by atoms with Crippen molar-refractivity contribution in [2.45, 2.75) is 0 Å². The Hall–Kier alpha value is -1.47. The summed E-state index contributed by atoms with van der Waals surface area (Å²) in [4.78, 5) is 1.89. The van der Waals surface area contributed by atoms with Gasteiger partial charge in [0.2, 0.25) is 0 Å². The minimum absolute atomic E-state index is 0.0501. The van der Waals surface area contributed by atoms with E-state index in [1.54, 1.807) is 18.2 Å². The van der Waals surface area contributed by atoms with Crippen molar-refractivity contribution in [3.8, 4) is 0 Å². The van der Waals surface area contributed by atoms with Crippen molar-refractivity contribution in [1.29, 1.82) is 0 Å². The predicted octanol–water partition coefficient (Wildman–Crippen LogP) is 0.669. The fraction of sp³-hybridized carbons (Fsp3) is 0.364. The molecule has 1 aliphatic rings. The van der Waals surface area contributed by atoms with E-state index in [-0.39, 0.29) is 17.3 Å². The number of anilines is 1. The summed E-state index contributed by atoms with van der Waals surface area (Å²) in [6.07, 6.45) is 0. The molecular weight excluding hydrogens is 290 g/mol. The predicted molar refractivity (Wildman–Crippen MR) is 74.8 cm³/mol. The van der Waals surface area contributed by atoms with Gasteiger partial charge in [-0.05, 0) is 18.2 Å². The summed E-state index contributed by atoms with van der Waals surface area (Å²) in [5.74, 6) is 0.155. The van der Waals surface area contributed by atoms with Gasteiger partial charge in [-0.2, -0.15) is 0 Å². The van der Waals surface area contributed by atoms with Crippen LogP contribution in [0.15, 0.2) is 23.4 Å². The normalized spacial score (nSPS) is 19.4. The number of sulfone groups is 1. The third kappa shape index (κ3) is 3.10. The van der Waals surface area contributed by atoms with Crippen LogP contribution >= 0.6 is 11.6 Å². The standard InChI is InChI=1S/C11H14ClN3O3S/c12-8-1-2-10(9(7-8)11(13)14-16)15-3-5-19(17,18)6-4-15/h1-2,7,16H,3-6H2,(H2,13,14). The van der Waals surface area contributed by atoms with Crippen LogP contribution in [-0.2, 0) is 9.84 Å². The van der Waals surface area contributed by atoms with E-state index < -0.39 is 9.84 Å². The third-order valence-corrected chi connectivity index (χ3v) is 4.87. The zero-order valence-corrected chi connectivity index (χ0v) is 11.7. The number of rotatable bonds is 2. The van der Waals surface area contributed by atoms with Crippen LogP contribution in [0.1, 0.15) is 5.56 Å². The number of nitrogens with two attached hydrogens (primary N) is 1. The number of oxime groups is 1. The van der Waals surface area contributed by atoms with Crippen molar-refractivity contribution >= 4 is 33.0 Å². The molecule has 0 amide bonds. The molecule has 0 spiro atoms. The number of benzene rings is 1. The molecule has 1 heterocycles. The molecule has 2 rings (SSSR count). The van der Waals surface area contributed by atoms with Crippen LogP contribution in [0.2, 0.25) is 5.02 Å². The molecule has 1 aliphatic heterocycles. The zero-order valence-electron chi connectivity index (χ0n) is 10.1. The average Bonchev–Trinajstić information content (AvgIpc) is 2.38. The Balaban J connectivity index is 2.35. The van der Waals surface area contributed by atoms with Crippen molar-refractivity contribution in [1.82, 2.24) is 0 Å². The molecule has 0 unspecified atom stereocenters. The monoisotopic (exact) mass is 303 g/mol. The van der Waals surface area contributed by atoms with E-state index in [0.717, 1.165) is 5.69 Å². The number of amidine groups is 1. The highest BCUT2D eigenvalue weighted by molar-refractivity contribution is 7.91. The van der Waals surface area contributed by atoms with Crippen LogP contribution in [-0.4, -0.2) is 44.1 Å². The molecular formula is C11H14ClN3O3S. The number of halogens is 1. The second-order valence-corrected chi connectivity index (χ2v) is 7.03. The van der Waals surface area contributed by atoms with E-state index >= 15 is 0 Å². The minimum atomic E-state index is -2.95. The molecule has 1 fully saturated rings. The summed E-state index contributed by atoms with van der Waals surface area (Å²) in [7, 11) is -2.95. The van der Waals surface area contributed by atoms with Gasteiger partial charge < -0.3 is 15.8 Å². The number of nitrogens with zero attached hydrogens (tertiary/aromatic N) is 2. The molecule has 6 nitrogen and oxygen atoms in total. The highest BCUT2D eigenvalue weighted by atomic mass is 35.5. The molecule has 0 aromatic heterocycles. The van der Waals surface area contributed by atoms with Crippen molar-refractivity contribution in [3.63, 3.8) is 0 Å². The first-order chi connectivity index (χ1) is 8.93. The van der Waals surface area contributed by atoms with Gasteiger partial charge in [0.15, 0.2) is 15.7 Å². The van der Waals surface area contributed by atoms with Gasteiger partial charge in [0, 0.05) is 29.4 Å². The Labute approximate surface area is 116 Å². The van der Waals surface area contributed by atoms with E-state index in [9.17, 15) is 8.42 Å². The van der Waals surface area contributed by atoms with Crippen LogP contribution in [0.4, 0.5) is 5.69 Å². The van der Waals surface area contributed by atoms with Gasteiger partial charge in [-0.15, -0.1) is 0 Å². The quantitative estimate of drug-likeness (QED) is 0.362. The van der Waals surface area contributed by atoms with Gasteiger partial charge >= 0.3 is 0 Å². The summed E-state index contributed by atoms with van der Waals surface area (Å²) in [6.45, 7) is 0.769. The fourth-order valence-corrected chi connectivity index (χ4v) is 3.37. The summed E-state index contributed by atoms with van der Waals surface area (Å²) >= 11 is 5.90. The van der Waals surface area contributed by atoms with E-state index in [0.29, 0.717) is 23.7 Å². The Bertz CT molecular complexity index is 602. The van der Waals surface area contributed by atoms with Crippen LogP contribution in [0.5, 0.6) is 0 Å². The molecule has 3 N–H and O–H groups in total. The second-order valence-electron chi connectivity index (χ2n) is 4.29. The van der Waals surface area contributed by atoms with Gasteiger partial charge in [-0.1, -0.05) is 16.8 Å². The lowest BCUT2D eigenvalue weighted by molar-refractivity contribution is 0.318. The minimum Gasteiger partial charge on any atom is -0.409 e. The van der Waals surface area contributed by atoms with Crippen LogP contribution < -0.4 is 10.6 Å². The van der Waals surface area contributed by atoms with Crippen molar-refractivity contribution in [2.24, 2.45) is 10.9 Å². The summed E-state index contributed by atoms with van der Waals surface area (Å²) < 4.78 is 22.8. The van der Waals surface area contributed by atoms with Crippen LogP contribution in [0, 0.1) is 0 Å². The third-order valence-electron chi connectivity index (χ3n) is 3.03. The van der Waals surface area contributed by atoms with Gasteiger partial charge in [0.1, 0.15) is 0 Å². The Morgan fingerprint density at radius 1 is 1.37 bits per heavy atom. The lowest BCUT2D eigenvalue weighted by Crippen LogP contribution is -2.41. The van der Waals surface area contributed by atoms with E-state index in [1.807, 2.05) is 4.90 Å². The topological polar surface area (TPSA) is 96.0 Å². The molecule has 19 heavy (non-hydrogen) atoms. The van der Waals surface area contributed by atoms with Gasteiger partial charge in [-0.3, -0.25) is 0 Å². The van der Waals surface area contributed by atoms with E-state index in [2.05, 4.69) is 5.16 Å². The molecule has 0 atom stereocenters. The molecule has 0 aliphatic carbocycles. The van der Waals surface area contributed by atoms with Crippen molar-refractivity contribution in [2.75, 3.05) is 29.5 Å². The smallest absolute Gasteiger partial charge is 0.172 e. The molecule has 0 bridgehead atoms. The molecule has 1 aromatic carbocycles. The second kappa shape index (κ2) is 5.26. The Morgan fingerprint density at radius 2 is 2.00 bits per heavy atom. The Morgan fingerprint density at radius 3 is 2.58 bits per heavy atom. The molecule has 0 saturated carbocycles. The lowest BCUT2D eigenvalue weighted by Gasteiger charge is -2.30. The first-order valence-corrected chi connectivity index (χ1v) is 7.86. The van der Waals surface area contributed by atoms with E-state index in [1.165, 1.54) is 0 Å². The lowest BCUT2D eigenvalue weighted by atomic mass is 10.1. The average molecular weight is 304 g/mol. The first kappa shape index (κ1) is 14.0. The van der Waals surface area contributed by atoms with Crippen molar-refractivity contribution in [3.05, 3.63) is 28.8 Å². The summed E-state index contributed by atoms with van der Waals surface area (Å²) in [6, 6.07) is 5.02. The number of hydrogen-bond acceptors (Lipinski definition) is 5. The molecule has 0 radical (unpaired) electrons. The SMILES string of the molecule is NC(=NO)c1cc(Cl)ccc1N1CCS(=O)(=O)CC1. The largest absolute Gasteiger partial charge is 0.409 e. The molecule has 1 aromatic rings. The van der Waals surface area contributed by atoms with Gasteiger partial charge in [-0.25, -0.2) is 8.42 Å². The highest BCUT2D eigenvalue weighted by Crippen LogP contribution is 2.25. The highest BCUT2D eigenvalue weighted by Gasteiger charge is 2.24. The maximum Gasteiger partial charge on any atom is 0.172 e. The maximum absolute atomic E-state index is 11.4. The summed E-state index contributed by atoms with van der Waals surface area (Å²) in [5, 5.41) is 12.2. The maximum atomic E-state index is 11.4. The molecule has 104 valence electrons. The zero-order chi connectivity index (χ0) is 14.0. The van der Waals surface area contributed by atoms with Crippen LogP contribution in [0.3, 0.4) is 0 Å².